The molecule has 0 amide bonds. The standard InChI is InChI=1S/C11H20N2Si2/c1-5-11(6-10(4)12-7-14)13(8-15)9(2)3/h6,9H,5,7-8H2,1-4H3/b11-6-,12-10+. The number of allylic oxidation sites excluding steroid dienone is 2. The Labute approximate surface area is 101 Å². The number of rotatable bonds is 6. The number of hydrogen-bond acceptors (Lipinski definition) is 2. The van der Waals surface area contributed by atoms with Gasteiger partial charge < -0.3 is 4.90 Å². The van der Waals surface area contributed by atoms with Crippen molar-refractivity contribution in [1.82, 2.24) is 4.90 Å². The smallest absolute Gasteiger partial charge is 0.0542 e. The summed E-state index contributed by atoms with van der Waals surface area (Å²) in [6.07, 6.45) is 4.70. The third-order valence-electron chi connectivity index (χ3n) is 2.23. The van der Waals surface area contributed by atoms with Crippen LogP contribution in [0.3, 0.4) is 0 Å². The van der Waals surface area contributed by atoms with Crippen molar-refractivity contribution in [2.75, 3.05) is 12.3 Å². The van der Waals surface area contributed by atoms with Crippen LogP contribution in [-0.2, 0) is 0 Å². The van der Waals surface area contributed by atoms with E-state index in [2.05, 4.69) is 57.2 Å². The summed E-state index contributed by atoms with van der Waals surface area (Å²) < 4.78 is 0. The van der Waals surface area contributed by atoms with Gasteiger partial charge >= 0.3 is 0 Å². The van der Waals surface area contributed by atoms with E-state index >= 15 is 0 Å². The second-order valence-corrected chi connectivity index (χ2v) is 4.30. The van der Waals surface area contributed by atoms with E-state index in [0.717, 1.165) is 18.3 Å². The van der Waals surface area contributed by atoms with Crippen LogP contribution in [-0.4, -0.2) is 49.5 Å². The minimum Gasteiger partial charge on any atom is -0.376 e. The van der Waals surface area contributed by atoms with Gasteiger partial charge in [0.1, 0.15) is 0 Å². The van der Waals surface area contributed by atoms with Gasteiger partial charge in [0.15, 0.2) is 0 Å². The van der Waals surface area contributed by atoms with Gasteiger partial charge in [-0.05, 0) is 33.3 Å². The Hall–Kier alpha value is -0.356. The molecule has 0 aliphatic heterocycles. The van der Waals surface area contributed by atoms with Crippen molar-refractivity contribution in [3.8, 4) is 0 Å². The maximum absolute atomic E-state index is 4.30. The molecule has 15 heavy (non-hydrogen) atoms. The van der Waals surface area contributed by atoms with Crippen molar-refractivity contribution < 1.29 is 0 Å². The molecule has 0 unspecified atom stereocenters. The van der Waals surface area contributed by atoms with E-state index in [-0.39, 0.29) is 0 Å². The molecule has 0 bridgehead atoms. The molecule has 0 fully saturated rings. The van der Waals surface area contributed by atoms with E-state index < -0.39 is 0 Å². The summed E-state index contributed by atoms with van der Waals surface area (Å²) in [5, 5.41) is 0. The Morgan fingerprint density at radius 3 is 2.33 bits per heavy atom. The van der Waals surface area contributed by atoms with Crippen LogP contribution >= 0.6 is 0 Å². The number of hydrogen-bond donors (Lipinski definition) is 0. The summed E-state index contributed by atoms with van der Waals surface area (Å²) in [6, 6.07) is 0.505. The van der Waals surface area contributed by atoms with Gasteiger partial charge in [-0.15, -0.1) is 0 Å². The van der Waals surface area contributed by atoms with Gasteiger partial charge in [-0.25, -0.2) is 0 Å². The lowest BCUT2D eigenvalue weighted by molar-refractivity contribution is 0.319. The van der Waals surface area contributed by atoms with Crippen molar-refractivity contribution in [2.45, 2.75) is 40.2 Å². The molecule has 4 heteroatoms. The van der Waals surface area contributed by atoms with Gasteiger partial charge in [0.25, 0.3) is 0 Å². The van der Waals surface area contributed by atoms with E-state index in [1.165, 1.54) is 5.70 Å². The van der Waals surface area contributed by atoms with E-state index in [0.29, 0.717) is 12.2 Å². The summed E-state index contributed by atoms with van der Waals surface area (Å²) in [4.78, 5) is 6.62. The first-order valence-corrected chi connectivity index (χ1v) is 6.75. The second kappa shape index (κ2) is 7.87. The van der Waals surface area contributed by atoms with Crippen LogP contribution in [0.4, 0.5) is 0 Å². The maximum Gasteiger partial charge on any atom is 0.0542 e. The maximum atomic E-state index is 4.30. The normalized spacial score (nSPS) is 13.5. The lowest BCUT2D eigenvalue weighted by Gasteiger charge is -2.29. The van der Waals surface area contributed by atoms with Crippen LogP contribution in [0.25, 0.3) is 0 Å². The van der Waals surface area contributed by atoms with Crippen molar-refractivity contribution >= 4 is 26.2 Å². The first kappa shape index (κ1) is 14.6. The van der Waals surface area contributed by atoms with Gasteiger partial charge in [-0.1, -0.05) is 6.92 Å². The molecule has 6 radical (unpaired) electrons. The molecule has 0 N–H and O–H groups in total. The fourth-order valence-corrected chi connectivity index (χ4v) is 2.23. The average molecular weight is 236 g/mol. The van der Waals surface area contributed by atoms with Crippen LogP contribution in [0.5, 0.6) is 0 Å². The molecule has 0 spiro atoms. The van der Waals surface area contributed by atoms with Gasteiger partial charge in [0.2, 0.25) is 0 Å². The van der Waals surface area contributed by atoms with Gasteiger partial charge in [-0.3, -0.25) is 4.99 Å². The second-order valence-electron chi connectivity index (χ2n) is 3.67. The highest BCUT2D eigenvalue weighted by atomic mass is 28.1. The highest BCUT2D eigenvalue weighted by molar-refractivity contribution is 6.10. The third kappa shape index (κ3) is 5.32. The van der Waals surface area contributed by atoms with Crippen molar-refractivity contribution in [1.29, 1.82) is 0 Å². The Bertz CT molecular complexity index is 235. The Morgan fingerprint density at radius 2 is 2.00 bits per heavy atom. The lowest BCUT2D eigenvalue weighted by atomic mass is 10.2. The Morgan fingerprint density at radius 1 is 1.40 bits per heavy atom. The summed E-state index contributed by atoms with van der Waals surface area (Å²) in [6.45, 7) is 8.59. The van der Waals surface area contributed by atoms with Crippen molar-refractivity contribution in [3.63, 3.8) is 0 Å². The Kier molecular flexibility index (Phi) is 7.69. The zero-order valence-electron chi connectivity index (χ0n) is 10.2. The van der Waals surface area contributed by atoms with Crippen molar-refractivity contribution in [3.05, 3.63) is 11.8 Å². The molecule has 0 aromatic rings. The van der Waals surface area contributed by atoms with Crippen molar-refractivity contribution in [2.24, 2.45) is 4.99 Å². The fourth-order valence-electron chi connectivity index (χ4n) is 1.42. The molecular formula is C11H20N2Si2. The van der Waals surface area contributed by atoms with Crippen LogP contribution in [0.15, 0.2) is 16.8 Å². The molecular weight excluding hydrogens is 216 g/mol. The monoisotopic (exact) mass is 236 g/mol. The van der Waals surface area contributed by atoms with E-state index in [9.17, 15) is 0 Å². The van der Waals surface area contributed by atoms with E-state index in [1.54, 1.807) is 0 Å². The number of nitrogens with zero attached hydrogens (tertiary/aromatic N) is 2. The Balaban J connectivity index is 4.79. The van der Waals surface area contributed by atoms with Crippen LogP contribution < -0.4 is 0 Å². The molecule has 0 saturated carbocycles. The minimum absolute atomic E-state index is 0.505. The predicted octanol–water partition coefficient (Wildman–Crippen LogP) is 1.70. The SMILES string of the molecule is CC/C(=C/C(C)=N/C[Si])N(C[Si])C(C)C. The highest BCUT2D eigenvalue weighted by Crippen LogP contribution is 2.12. The molecule has 2 nitrogen and oxygen atoms in total. The summed E-state index contributed by atoms with van der Waals surface area (Å²) in [5.41, 5.74) is 2.38. The summed E-state index contributed by atoms with van der Waals surface area (Å²) in [5.74, 6) is 0. The molecule has 0 heterocycles. The fraction of sp³-hybridized carbons (Fsp3) is 0.727. The minimum atomic E-state index is 0.505. The number of aliphatic imine (C=N–C) groups is 1. The molecule has 0 aromatic heterocycles. The van der Waals surface area contributed by atoms with Crippen LogP contribution in [0.1, 0.15) is 34.1 Å². The van der Waals surface area contributed by atoms with Gasteiger partial charge in [0.05, 0.1) is 20.5 Å². The lowest BCUT2D eigenvalue weighted by Crippen LogP contribution is -2.31. The highest BCUT2D eigenvalue weighted by Gasteiger charge is 2.09. The summed E-state index contributed by atoms with van der Waals surface area (Å²) >= 11 is 0. The molecule has 0 aromatic carbocycles. The molecule has 0 atom stereocenters. The molecule has 0 aliphatic carbocycles. The van der Waals surface area contributed by atoms with E-state index in [4.69, 9.17) is 0 Å². The van der Waals surface area contributed by atoms with Gasteiger partial charge in [0, 0.05) is 29.8 Å². The van der Waals surface area contributed by atoms with Gasteiger partial charge in [-0.2, -0.15) is 0 Å². The van der Waals surface area contributed by atoms with E-state index in [1.807, 2.05) is 6.92 Å². The predicted molar refractivity (Wildman–Crippen MR) is 69.7 cm³/mol. The third-order valence-corrected chi connectivity index (χ3v) is 2.73. The largest absolute Gasteiger partial charge is 0.376 e. The quantitative estimate of drug-likeness (QED) is 0.506. The first-order chi connectivity index (χ1) is 7.06. The summed E-state index contributed by atoms with van der Waals surface area (Å²) in [7, 11) is 6.92. The zero-order chi connectivity index (χ0) is 11.8. The topological polar surface area (TPSA) is 15.6 Å². The van der Waals surface area contributed by atoms with Crippen LogP contribution in [0, 0.1) is 0 Å². The molecule has 0 aliphatic rings. The molecule has 0 saturated heterocycles. The molecule has 0 rings (SSSR count). The average Bonchev–Trinajstić information content (AvgIpc) is 2.17. The molecule has 82 valence electrons. The first-order valence-electron chi connectivity index (χ1n) is 5.34. The van der Waals surface area contributed by atoms with Crippen LogP contribution in [0.2, 0.25) is 0 Å². The zero-order valence-corrected chi connectivity index (χ0v) is 12.2.